The largest absolute Gasteiger partial charge is 0.497 e. The van der Waals surface area contributed by atoms with Gasteiger partial charge in [0.05, 0.1) is 19.6 Å². The Kier molecular flexibility index (Phi) is 6.53. The van der Waals surface area contributed by atoms with Gasteiger partial charge in [-0.3, -0.25) is 9.59 Å². The van der Waals surface area contributed by atoms with E-state index < -0.39 is 0 Å². The van der Waals surface area contributed by atoms with E-state index in [4.69, 9.17) is 9.47 Å². The van der Waals surface area contributed by atoms with Crippen molar-refractivity contribution in [2.24, 2.45) is 5.92 Å². The van der Waals surface area contributed by atoms with Gasteiger partial charge in [-0.25, -0.2) is 0 Å². The predicted octanol–water partition coefficient (Wildman–Crippen LogP) is 2.81. The maximum absolute atomic E-state index is 12.4. The highest BCUT2D eigenvalue weighted by atomic mass is 16.5. The molecule has 2 amide bonds. The van der Waals surface area contributed by atoms with Gasteiger partial charge in [0.1, 0.15) is 18.1 Å². The van der Waals surface area contributed by atoms with Gasteiger partial charge in [0.25, 0.3) is 0 Å². The van der Waals surface area contributed by atoms with E-state index in [1.54, 1.807) is 12.0 Å². The number of carbonyl (C=O) groups is 2. The molecule has 0 saturated carbocycles. The number of nitrogens with one attached hydrogen (secondary N) is 1. The molecule has 0 spiro atoms. The van der Waals surface area contributed by atoms with Crippen molar-refractivity contribution in [3.05, 3.63) is 54.1 Å². The van der Waals surface area contributed by atoms with E-state index in [2.05, 4.69) is 12.2 Å². The smallest absolute Gasteiger partial charge is 0.227 e. The van der Waals surface area contributed by atoms with E-state index in [9.17, 15) is 9.59 Å². The fraction of sp³-hybridized carbons (Fsp3) is 0.364. The first-order valence-corrected chi connectivity index (χ1v) is 9.54. The number of rotatable bonds is 8. The Bertz CT molecular complexity index is 802. The second-order valence-electron chi connectivity index (χ2n) is 6.74. The van der Waals surface area contributed by atoms with Gasteiger partial charge in [-0.2, -0.15) is 0 Å². The Morgan fingerprint density at radius 2 is 1.79 bits per heavy atom. The molecule has 28 heavy (non-hydrogen) atoms. The number of anilines is 1. The molecule has 1 fully saturated rings. The molecule has 0 radical (unpaired) electrons. The molecule has 1 aliphatic heterocycles. The summed E-state index contributed by atoms with van der Waals surface area (Å²) in [6.45, 7) is 3.26. The number of amides is 2. The van der Waals surface area contributed by atoms with Gasteiger partial charge in [0.15, 0.2) is 0 Å². The van der Waals surface area contributed by atoms with Crippen LogP contribution in [0.15, 0.2) is 48.5 Å². The van der Waals surface area contributed by atoms with Gasteiger partial charge in [0, 0.05) is 18.7 Å². The molecule has 1 unspecified atom stereocenters. The van der Waals surface area contributed by atoms with Crippen LogP contribution in [-0.2, 0) is 16.0 Å². The summed E-state index contributed by atoms with van der Waals surface area (Å²) in [5.41, 5.74) is 2.07. The van der Waals surface area contributed by atoms with Crippen molar-refractivity contribution in [3.63, 3.8) is 0 Å². The molecular weight excluding hydrogens is 356 g/mol. The molecule has 2 aromatic rings. The van der Waals surface area contributed by atoms with Crippen LogP contribution >= 0.6 is 0 Å². The summed E-state index contributed by atoms with van der Waals surface area (Å²) in [6, 6.07) is 15.2. The summed E-state index contributed by atoms with van der Waals surface area (Å²) in [7, 11) is 1.61. The molecule has 1 aliphatic rings. The van der Waals surface area contributed by atoms with Crippen molar-refractivity contribution < 1.29 is 19.1 Å². The second kappa shape index (κ2) is 9.26. The molecule has 0 aromatic heterocycles. The van der Waals surface area contributed by atoms with Gasteiger partial charge in [-0.05, 0) is 48.4 Å². The molecule has 148 valence electrons. The van der Waals surface area contributed by atoms with Crippen molar-refractivity contribution in [3.8, 4) is 11.5 Å². The van der Waals surface area contributed by atoms with Crippen molar-refractivity contribution in [1.82, 2.24) is 5.32 Å². The zero-order valence-corrected chi connectivity index (χ0v) is 16.3. The molecule has 1 atom stereocenters. The lowest BCUT2D eigenvalue weighted by Crippen LogP contribution is -2.35. The van der Waals surface area contributed by atoms with Crippen molar-refractivity contribution in [2.45, 2.75) is 19.8 Å². The first kappa shape index (κ1) is 19.7. The average molecular weight is 382 g/mol. The van der Waals surface area contributed by atoms with Crippen LogP contribution in [0, 0.1) is 5.92 Å². The number of methoxy groups -OCH3 is 1. The van der Waals surface area contributed by atoms with Crippen molar-refractivity contribution in [2.75, 3.05) is 31.7 Å². The predicted molar refractivity (Wildman–Crippen MR) is 108 cm³/mol. The van der Waals surface area contributed by atoms with E-state index >= 15 is 0 Å². The molecule has 0 bridgehead atoms. The normalized spacial score (nSPS) is 16.1. The number of carbonyl (C=O) groups excluding carboxylic acids is 2. The van der Waals surface area contributed by atoms with Crippen LogP contribution in [0.5, 0.6) is 11.5 Å². The Hall–Kier alpha value is -3.02. The average Bonchev–Trinajstić information content (AvgIpc) is 3.13. The highest BCUT2D eigenvalue weighted by Gasteiger charge is 2.34. The van der Waals surface area contributed by atoms with Crippen LogP contribution in [0.3, 0.4) is 0 Å². The second-order valence-corrected chi connectivity index (χ2v) is 6.74. The molecule has 1 N–H and O–H groups in total. The Labute approximate surface area is 165 Å². The zero-order valence-electron chi connectivity index (χ0n) is 16.3. The number of nitrogens with zero attached hydrogens (tertiary/aromatic N) is 1. The quantitative estimate of drug-likeness (QED) is 0.713. The first-order chi connectivity index (χ1) is 13.6. The lowest BCUT2D eigenvalue weighted by molar-refractivity contribution is -0.126. The monoisotopic (exact) mass is 382 g/mol. The van der Waals surface area contributed by atoms with E-state index in [1.807, 2.05) is 48.5 Å². The Morgan fingerprint density at radius 1 is 1.11 bits per heavy atom. The summed E-state index contributed by atoms with van der Waals surface area (Å²) in [6.07, 6.45) is 1.19. The van der Waals surface area contributed by atoms with E-state index in [1.165, 1.54) is 5.56 Å². The van der Waals surface area contributed by atoms with Crippen LogP contribution in [0.25, 0.3) is 0 Å². The van der Waals surface area contributed by atoms with Gasteiger partial charge >= 0.3 is 0 Å². The fourth-order valence-corrected chi connectivity index (χ4v) is 3.20. The summed E-state index contributed by atoms with van der Waals surface area (Å²) in [5.74, 6) is 1.02. The van der Waals surface area contributed by atoms with Gasteiger partial charge in [-0.15, -0.1) is 0 Å². The summed E-state index contributed by atoms with van der Waals surface area (Å²) in [4.78, 5) is 26.4. The number of hydrogen-bond acceptors (Lipinski definition) is 4. The molecule has 6 nitrogen and oxygen atoms in total. The van der Waals surface area contributed by atoms with Crippen molar-refractivity contribution >= 4 is 17.5 Å². The lowest BCUT2D eigenvalue weighted by Gasteiger charge is -2.17. The Morgan fingerprint density at radius 3 is 2.43 bits per heavy atom. The molecule has 2 aromatic carbocycles. The minimum atomic E-state index is -0.334. The summed E-state index contributed by atoms with van der Waals surface area (Å²) in [5, 5.41) is 2.86. The summed E-state index contributed by atoms with van der Waals surface area (Å²) < 4.78 is 10.7. The van der Waals surface area contributed by atoms with Crippen LogP contribution in [0.2, 0.25) is 0 Å². The van der Waals surface area contributed by atoms with Gasteiger partial charge in [0.2, 0.25) is 11.8 Å². The van der Waals surface area contributed by atoms with E-state index in [-0.39, 0.29) is 24.2 Å². The Balaban J connectivity index is 1.44. The summed E-state index contributed by atoms with van der Waals surface area (Å²) >= 11 is 0. The number of benzene rings is 2. The number of ether oxygens (including phenoxy) is 2. The highest BCUT2D eigenvalue weighted by molar-refractivity contribution is 6.00. The lowest BCUT2D eigenvalue weighted by atomic mass is 10.1. The molecular formula is C22H26N2O4. The standard InChI is InChI=1S/C22H26N2O4/c1-3-16-4-6-18(7-5-16)24-15-17(14-21(24)25)22(26)23-12-13-28-20-10-8-19(27-2)9-11-20/h4-11,17H,3,12-15H2,1-2H3,(H,23,26). The first-order valence-electron chi connectivity index (χ1n) is 9.54. The maximum Gasteiger partial charge on any atom is 0.227 e. The molecule has 0 aliphatic carbocycles. The molecule has 6 heteroatoms. The van der Waals surface area contributed by atoms with Crippen LogP contribution in [0.4, 0.5) is 5.69 Å². The number of hydrogen-bond donors (Lipinski definition) is 1. The van der Waals surface area contributed by atoms with E-state index in [0.717, 1.165) is 17.9 Å². The third-order valence-corrected chi connectivity index (χ3v) is 4.88. The SMILES string of the molecule is CCc1ccc(N2CC(C(=O)NCCOc3ccc(OC)cc3)CC2=O)cc1. The maximum atomic E-state index is 12.4. The fourth-order valence-electron chi connectivity index (χ4n) is 3.20. The molecule has 3 rings (SSSR count). The van der Waals surface area contributed by atoms with Crippen LogP contribution < -0.4 is 19.7 Å². The molecule has 1 saturated heterocycles. The number of aryl methyl sites for hydroxylation is 1. The third kappa shape index (κ3) is 4.82. The zero-order chi connectivity index (χ0) is 19.9. The highest BCUT2D eigenvalue weighted by Crippen LogP contribution is 2.25. The molecule has 1 heterocycles. The van der Waals surface area contributed by atoms with Crippen LogP contribution in [-0.4, -0.2) is 38.6 Å². The van der Waals surface area contributed by atoms with Gasteiger partial charge in [-0.1, -0.05) is 19.1 Å². The third-order valence-electron chi connectivity index (χ3n) is 4.88. The topological polar surface area (TPSA) is 67.9 Å². The van der Waals surface area contributed by atoms with Gasteiger partial charge < -0.3 is 19.7 Å². The van der Waals surface area contributed by atoms with Crippen LogP contribution in [0.1, 0.15) is 18.9 Å². The minimum absolute atomic E-state index is 0.0149. The van der Waals surface area contributed by atoms with E-state index in [0.29, 0.717) is 25.4 Å². The van der Waals surface area contributed by atoms with Crippen molar-refractivity contribution in [1.29, 1.82) is 0 Å². The minimum Gasteiger partial charge on any atom is -0.497 e.